The number of benzene rings is 2. The van der Waals surface area contributed by atoms with Gasteiger partial charge >= 0.3 is 0 Å². The molecule has 0 saturated carbocycles. The van der Waals surface area contributed by atoms with Crippen LogP contribution in [0, 0.1) is 48.1 Å². The van der Waals surface area contributed by atoms with E-state index >= 15 is 0 Å². The van der Waals surface area contributed by atoms with Crippen molar-refractivity contribution in [2.75, 3.05) is 0 Å². The van der Waals surface area contributed by atoms with Crippen LogP contribution in [0.15, 0.2) is 36.4 Å². The first kappa shape index (κ1) is 19.3. The molecule has 0 fully saturated rings. The molecule has 0 radical (unpaired) electrons. The lowest BCUT2D eigenvalue weighted by Gasteiger charge is -2.11. The molecule has 0 saturated heterocycles. The Morgan fingerprint density at radius 3 is 2.29 bits per heavy atom. The number of nitriles is 2. The van der Waals surface area contributed by atoms with E-state index in [1.54, 1.807) is 31.2 Å². The normalized spacial score (nSPS) is 10.5. The van der Waals surface area contributed by atoms with Gasteiger partial charge in [0.15, 0.2) is 0 Å². The van der Waals surface area contributed by atoms with E-state index in [1.807, 2.05) is 11.5 Å². The zero-order valence-electron chi connectivity index (χ0n) is 15.6. The van der Waals surface area contributed by atoms with Crippen molar-refractivity contribution >= 4 is 0 Å². The van der Waals surface area contributed by atoms with Crippen LogP contribution in [0.3, 0.4) is 0 Å². The molecule has 0 spiro atoms. The zero-order valence-corrected chi connectivity index (χ0v) is 15.6. The van der Waals surface area contributed by atoms with Crippen molar-refractivity contribution in [3.8, 4) is 23.3 Å². The average molecular weight is 376 g/mol. The largest absolute Gasteiger partial charge is 0.343 e. The number of rotatable bonds is 4. The molecular formula is C22H18F2N4. The second kappa shape index (κ2) is 7.64. The van der Waals surface area contributed by atoms with Crippen molar-refractivity contribution in [3.05, 3.63) is 81.7 Å². The molecule has 6 heteroatoms. The predicted molar refractivity (Wildman–Crippen MR) is 102 cm³/mol. The molecular weight excluding hydrogens is 358 g/mol. The Morgan fingerprint density at radius 1 is 0.964 bits per heavy atom. The van der Waals surface area contributed by atoms with Gasteiger partial charge in [0.25, 0.3) is 0 Å². The molecule has 0 bridgehead atoms. The summed E-state index contributed by atoms with van der Waals surface area (Å²) in [6, 6.07) is 13.2. The van der Waals surface area contributed by atoms with E-state index in [9.17, 15) is 14.0 Å². The van der Waals surface area contributed by atoms with E-state index in [1.165, 1.54) is 18.2 Å². The van der Waals surface area contributed by atoms with Gasteiger partial charge < -0.3 is 10.3 Å². The highest BCUT2D eigenvalue weighted by molar-refractivity contribution is 5.75. The van der Waals surface area contributed by atoms with Crippen molar-refractivity contribution in [1.29, 1.82) is 10.5 Å². The van der Waals surface area contributed by atoms with Crippen LogP contribution >= 0.6 is 0 Å². The van der Waals surface area contributed by atoms with E-state index in [2.05, 4.69) is 6.07 Å². The van der Waals surface area contributed by atoms with Crippen LogP contribution in [0.1, 0.15) is 33.6 Å². The van der Waals surface area contributed by atoms with Gasteiger partial charge in [0.05, 0.1) is 11.1 Å². The summed E-state index contributed by atoms with van der Waals surface area (Å²) >= 11 is 0. The molecule has 0 aliphatic rings. The van der Waals surface area contributed by atoms with Crippen LogP contribution in [0.4, 0.5) is 8.78 Å². The third-order valence-corrected chi connectivity index (χ3v) is 4.95. The molecule has 0 aliphatic carbocycles. The van der Waals surface area contributed by atoms with Crippen molar-refractivity contribution in [2.24, 2.45) is 5.73 Å². The van der Waals surface area contributed by atoms with Gasteiger partial charge in [-0.25, -0.2) is 8.78 Å². The topological polar surface area (TPSA) is 78.5 Å². The Balaban J connectivity index is 2.10. The molecule has 2 aromatic carbocycles. The zero-order chi connectivity index (χ0) is 20.4. The minimum absolute atomic E-state index is 0.0495. The summed E-state index contributed by atoms with van der Waals surface area (Å²) in [4.78, 5) is 0. The lowest BCUT2D eigenvalue weighted by atomic mass is 10.00. The summed E-state index contributed by atoms with van der Waals surface area (Å²) in [6.45, 7) is 4.14. The Bertz CT molecular complexity index is 1150. The van der Waals surface area contributed by atoms with Crippen molar-refractivity contribution < 1.29 is 8.78 Å². The fraction of sp³-hybridized carbons (Fsp3) is 0.182. The highest BCUT2D eigenvalue weighted by Crippen LogP contribution is 2.33. The monoisotopic (exact) mass is 376 g/mol. The Morgan fingerprint density at radius 2 is 1.71 bits per heavy atom. The molecule has 0 unspecified atom stereocenters. The highest BCUT2D eigenvalue weighted by Gasteiger charge is 2.20. The number of nitrogens with zero attached hydrogens (tertiary/aromatic N) is 3. The summed E-state index contributed by atoms with van der Waals surface area (Å²) in [5.74, 6) is -0.995. The van der Waals surface area contributed by atoms with E-state index in [-0.39, 0.29) is 17.9 Å². The third-order valence-electron chi connectivity index (χ3n) is 4.95. The van der Waals surface area contributed by atoms with E-state index in [0.29, 0.717) is 34.5 Å². The molecule has 28 heavy (non-hydrogen) atoms. The Hall–Kier alpha value is -3.48. The van der Waals surface area contributed by atoms with Crippen LogP contribution in [0.5, 0.6) is 0 Å². The maximum absolute atomic E-state index is 14.1. The quantitative estimate of drug-likeness (QED) is 0.737. The first-order valence-corrected chi connectivity index (χ1v) is 8.68. The molecule has 0 amide bonds. The van der Waals surface area contributed by atoms with Crippen LogP contribution in [-0.2, 0) is 13.1 Å². The summed E-state index contributed by atoms with van der Waals surface area (Å²) < 4.78 is 30.1. The maximum Gasteiger partial charge on any atom is 0.141 e. The first-order valence-electron chi connectivity index (χ1n) is 8.68. The standard InChI is InChI=1S/C22H18F2N4/c1-13-19(11-27)22(16-5-6-18(10-26)21(24)8-16)14(2)28(13)12-15-3-4-17(9-25)20(23)7-15/h3-8H,9,12,25H2,1-2H3. The van der Waals surface area contributed by atoms with Gasteiger partial charge in [0.2, 0.25) is 0 Å². The van der Waals surface area contributed by atoms with E-state index in [4.69, 9.17) is 11.0 Å². The summed E-state index contributed by atoms with van der Waals surface area (Å²) in [5.41, 5.74) is 9.68. The third kappa shape index (κ3) is 3.26. The summed E-state index contributed by atoms with van der Waals surface area (Å²) in [7, 11) is 0. The fourth-order valence-electron chi connectivity index (χ4n) is 3.41. The number of halogens is 2. The molecule has 1 aromatic heterocycles. The van der Waals surface area contributed by atoms with Crippen molar-refractivity contribution in [1.82, 2.24) is 4.57 Å². The second-order valence-electron chi connectivity index (χ2n) is 6.56. The highest BCUT2D eigenvalue weighted by atomic mass is 19.1. The van der Waals surface area contributed by atoms with Crippen molar-refractivity contribution in [3.63, 3.8) is 0 Å². The molecule has 3 rings (SSSR count). The molecule has 0 atom stereocenters. The van der Waals surface area contributed by atoms with Gasteiger partial charge in [-0.05, 0) is 43.2 Å². The fourth-order valence-corrected chi connectivity index (χ4v) is 3.41. The van der Waals surface area contributed by atoms with Crippen LogP contribution in [0.2, 0.25) is 0 Å². The van der Waals surface area contributed by atoms with Gasteiger partial charge in [0, 0.05) is 35.6 Å². The molecule has 4 nitrogen and oxygen atoms in total. The van der Waals surface area contributed by atoms with E-state index < -0.39 is 5.82 Å². The molecule has 2 N–H and O–H groups in total. The van der Waals surface area contributed by atoms with Crippen LogP contribution in [-0.4, -0.2) is 4.57 Å². The Kier molecular flexibility index (Phi) is 5.26. The maximum atomic E-state index is 14.1. The van der Waals surface area contributed by atoms with Gasteiger partial charge in [-0.3, -0.25) is 0 Å². The number of nitrogens with two attached hydrogens (primary N) is 1. The summed E-state index contributed by atoms with van der Waals surface area (Å²) in [6.07, 6.45) is 0. The van der Waals surface area contributed by atoms with Gasteiger partial charge in [-0.1, -0.05) is 18.2 Å². The van der Waals surface area contributed by atoms with Crippen molar-refractivity contribution in [2.45, 2.75) is 26.9 Å². The van der Waals surface area contributed by atoms with Gasteiger partial charge in [-0.15, -0.1) is 0 Å². The molecule has 3 aromatic rings. The van der Waals surface area contributed by atoms with Gasteiger partial charge in [-0.2, -0.15) is 10.5 Å². The van der Waals surface area contributed by atoms with E-state index in [0.717, 1.165) is 11.3 Å². The lowest BCUT2D eigenvalue weighted by Crippen LogP contribution is -2.06. The summed E-state index contributed by atoms with van der Waals surface area (Å²) in [5, 5.41) is 18.6. The van der Waals surface area contributed by atoms with Crippen LogP contribution < -0.4 is 5.73 Å². The molecule has 1 heterocycles. The number of hydrogen-bond donors (Lipinski definition) is 1. The number of aromatic nitrogens is 1. The average Bonchev–Trinajstić information content (AvgIpc) is 2.92. The Labute approximate surface area is 162 Å². The lowest BCUT2D eigenvalue weighted by molar-refractivity contribution is 0.605. The first-order chi connectivity index (χ1) is 13.4. The van der Waals surface area contributed by atoms with Crippen LogP contribution in [0.25, 0.3) is 11.1 Å². The second-order valence-corrected chi connectivity index (χ2v) is 6.56. The minimum atomic E-state index is -0.631. The minimum Gasteiger partial charge on any atom is -0.343 e. The SMILES string of the molecule is Cc1c(C#N)c(-c2ccc(C#N)c(F)c2)c(C)n1Cc1ccc(CN)c(F)c1. The molecule has 0 aliphatic heterocycles. The predicted octanol–water partition coefficient (Wildman–Crippen LogP) is 4.30. The smallest absolute Gasteiger partial charge is 0.141 e. The van der Waals surface area contributed by atoms with Gasteiger partial charge in [0.1, 0.15) is 23.8 Å². The molecule has 140 valence electrons. The number of hydrogen-bond acceptors (Lipinski definition) is 3.